The van der Waals surface area contributed by atoms with Crippen molar-refractivity contribution in [2.75, 3.05) is 35.2 Å². The van der Waals surface area contributed by atoms with Crippen molar-refractivity contribution in [3.63, 3.8) is 0 Å². The quantitative estimate of drug-likeness (QED) is 0.513. The van der Waals surface area contributed by atoms with E-state index in [0.29, 0.717) is 24.5 Å². The van der Waals surface area contributed by atoms with Crippen molar-refractivity contribution in [3.8, 4) is 0 Å². The largest absolute Gasteiger partial charge is 0.391 e. The summed E-state index contributed by atoms with van der Waals surface area (Å²) >= 11 is 0. The zero-order valence-corrected chi connectivity index (χ0v) is 19.6. The second-order valence-electron chi connectivity index (χ2n) is 9.76. The van der Waals surface area contributed by atoms with E-state index in [-0.39, 0.29) is 11.2 Å². The van der Waals surface area contributed by atoms with E-state index in [1.807, 2.05) is 24.3 Å². The molecule has 0 unspecified atom stereocenters. The number of hydrogen-bond donors (Lipinski definition) is 3. The van der Waals surface area contributed by atoms with Crippen LogP contribution in [0.5, 0.6) is 0 Å². The van der Waals surface area contributed by atoms with Crippen LogP contribution in [0.4, 0.5) is 11.5 Å². The Labute approximate surface area is 190 Å². The van der Waals surface area contributed by atoms with Crippen molar-refractivity contribution in [3.05, 3.63) is 59.7 Å². The van der Waals surface area contributed by atoms with Gasteiger partial charge in [-0.2, -0.15) is 10.6 Å². The van der Waals surface area contributed by atoms with Gasteiger partial charge in [0.25, 0.3) is 0 Å². The van der Waals surface area contributed by atoms with Crippen molar-refractivity contribution in [1.82, 2.24) is 4.98 Å². The van der Waals surface area contributed by atoms with Gasteiger partial charge in [-0.1, -0.05) is 50.2 Å². The summed E-state index contributed by atoms with van der Waals surface area (Å²) in [5.41, 5.74) is 3.86. The minimum atomic E-state index is -2.83. The van der Waals surface area contributed by atoms with Crippen LogP contribution in [0.15, 0.2) is 53.4 Å². The highest BCUT2D eigenvalue weighted by atomic mass is 32.3. The van der Waals surface area contributed by atoms with E-state index in [0.717, 1.165) is 40.1 Å². The molecule has 3 N–H and O–H groups in total. The Morgan fingerprint density at radius 3 is 2.59 bits per heavy atom. The van der Waals surface area contributed by atoms with Crippen LogP contribution in [0, 0.1) is 12.3 Å². The molecule has 2 aliphatic heterocycles. The third kappa shape index (κ3) is 3.63. The number of aliphatic hydroxyl groups is 1. The summed E-state index contributed by atoms with van der Waals surface area (Å²) in [6.07, 6.45) is -0.392. The molecule has 0 radical (unpaired) electrons. The van der Waals surface area contributed by atoms with E-state index >= 15 is 0 Å². The second-order valence-corrected chi connectivity index (χ2v) is 11.9. The summed E-state index contributed by atoms with van der Waals surface area (Å²) in [7, 11) is -2.83. The first kappa shape index (κ1) is 21.5. The first-order chi connectivity index (χ1) is 15.2. The van der Waals surface area contributed by atoms with Gasteiger partial charge in [-0.05, 0) is 24.1 Å². The van der Waals surface area contributed by atoms with Gasteiger partial charge in [-0.15, -0.1) is 0 Å². The van der Waals surface area contributed by atoms with Crippen LogP contribution in [-0.2, 0) is 6.54 Å². The lowest BCUT2D eigenvalue weighted by Gasteiger charge is -2.32. The van der Waals surface area contributed by atoms with Gasteiger partial charge < -0.3 is 14.9 Å². The molecule has 1 saturated heterocycles. The third-order valence-electron chi connectivity index (χ3n) is 6.90. The van der Waals surface area contributed by atoms with Gasteiger partial charge >= 0.3 is 0 Å². The van der Waals surface area contributed by atoms with E-state index in [1.165, 1.54) is 0 Å². The van der Waals surface area contributed by atoms with Crippen LogP contribution < -0.4 is 9.80 Å². The molecule has 170 valence electrons. The molecule has 3 aromatic rings. The number of aryl methyl sites for hydroxylation is 1. The molecule has 0 aliphatic carbocycles. The van der Waals surface area contributed by atoms with Crippen LogP contribution in [0.3, 0.4) is 0 Å². The lowest BCUT2D eigenvalue weighted by molar-refractivity contribution is 0.0964. The molecule has 5 rings (SSSR count). The molecule has 2 aliphatic rings. The third-order valence-corrected chi connectivity index (χ3v) is 8.75. The lowest BCUT2D eigenvalue weighted by atomic mass is 9.90. The van der Waals surface area contributed by atoms with Crippen molar-refractivity contribution < 1.29 is 14.2 Å². The van der Waals surface area contributed by atoms with E-state index in [1.54, 1.807) is 0 Å². The van der Waals surface area contributed by atoms with Gasteiger partial charge in [0.1, 0.15) is 5.82 Å². The fourth-order valence-electron chi connectivity index (χ4n) is 4.87. The maximum Gasteiger partial charge on any atom is 0.131 e. The minimum Gasteiger partial charge on any atom is -0.391 e. The summed E-state index contributed by atoms with van der Waals surface area (Å²) in [4.78, 5) is 10.1. The number of aromatic nitrogens is 1. The molecule has 1 aromatic heterocycles. The molecule has 0 saturated carbocycles. The lowest BCUT2D eigenvalue weighted by Crippen LogP contribution is -2.27. The number of pyridine rings is 1. The molecule has 3 heterocycles. The molecular formula is C25H31N3O3S. The molecule has 2 aromatic carbocycles. The smallest absolute Gasteiger partial charge is 0.131 e. The number of benzene rings is 2. The molecule has 6 nitrogen and oxygen atoms in total. The molecule has 0 bridgehead atoms. The van der Waals surface area contributed by atoms with Gasteiger partial charge in [0.2, 0.25) is 0 Å². The Kier molecular flexibility index (Phi) is 5.13. The predicted octanol–water partition coefficient (Wildman–Crippen LogP) is 4.88. The number of anilines is 2. The monoisotopic (exact) mass is 453 g/mol. The minimum absolute atomic E-state index is 0.183. The summed E-state index contributed by atoms with van der Waals surface area (Å²) in [6, 6.07) is 15.9. The van der Waals surface area contributed by atoms with Gasteiger partial charge in [-0.25, -0.2) is 4.98 Å². The van der Waals surface area contributed by atoms with Gasteiger partial charge in [0.15, 0.2) is 0 Å². The normalized spacial score (nSPS) is 23.1. The van der Waals surface area contributed by atoms with Crippen LogP contribution in [0.25, 0.3) is 10.9 Å². The fraction of sp³-hybridized carbons (Fsp3) is 0.400. The van der Waals surface area contributed by atoms with Gasteiger partial charge in [0, 0.05) is 48.7 Å². The summed E-state index contributed by atoms with van der Waals surface area (Å²) in [6.45, 7) is 8.71. The highest BCUT2D eigenvalue weighted by Crippen LogP contribution is 2.51. The molecule has 7 heteroatoms. The molecule has 32 heavy (non-hydrogen) atoms. The average molecular weight is 454 g/mol. The van der Waals surface area contributed by atoms with E-state index < -0.39 is 16.7 Å². The van der Waals surface area contributed by atoms with Crippen molar-refractivity contribution in [2.45, 2.75) is 38.3 Å². The number of aliphatic hydroxyl groups excluding tert-OH is 1. The zero-order chi connectivity index (χ0) is 22.7. The Hall–Kier alpha value is -2.32. The Morgan fingerprint density at radius 2 is 1.84 bits per heavy atom. The summed E-state index contributed by atoms with van der Waals surface area (Å²) in [5, 5.41) is 11.7. The van der Waals surface area contributed by atoms with Crippen LogP contribution in [-0.4, -0.2) is 50.7 Å². The molecule has 1 atom stereocenters. The highest BCUT2D eigenvalue weighted by Gasteiger charge is 2.39. The van der Waals surface area contributed by atoms with E-state index in [9.17, 15) is 14.2 Å². The van der Waals surface area contributed by atoms with Crippen LogP contribution >= 0.6 is 10.6 Å². The predicted molar refractivity (Wildman–Crippen MR) is 132 cm³/mol. The number of para-hydroxylation sites is 1. The zero-order valence-electron chi connectivity index (χ0n) is 18.8. The van der Waals surface area contributed by atoms with Crippen molar-refractivity contribution >= 4 is 33.0 Å². The summed E-state index contributed by atoms with van der Waals surface area (Å²) in [5.74, 6) is 1.11. The van der Waals surface area contributed by atoms with Crippen LogP contribution in [0.1, 0.15) is 25.0 Å². The standard InChI is InChI=1S/C25H31N3O3S/c1-17-7-6-9-19-20(28-15-22(29)25(2,3)16-28)13-23(26-24(17)19)27-11-12-32(30,31)21-10-5-4-8-18(21)14-27/h4-10,13,22,29-31H,11-12,14-16H2,1-3H3/t22-/m0/s1. The molecule has 1 fully saturated rings. The maximum absolute atomic E-state index is 10.8. The summed E-state index contributed by atoms with van der Waals surface area (Å²) < 4.78 is 21.5. The van der Waals surface area contributed by atoms with E-state index in [2.05, 4.69) is 54.8 Å². The number of nitrogens with zero attached hydrogens (tertiary/aromatic N) is 3. The average Bonchev–Trinajstić information content (AvgIpc) is 2.94. The number of β-amino-alcohol motifs (C(OH)–C–C–N with tert-alkyl or cyclic N) is 1. The van der Waals surface area contributed by atoms with Crippen molar-refractivity contribution in [2.24, 2.45) is 5.41 Å². The van der Waals surface area contributed by atoms with Gasteiger partial charge in [0.05, 0.1) is 22.3 Å². The molecule has 0 amide bonds. The van der Waals surface area contributed by atoms with Gasteiger partial charge in [-0.3, -0.25) is 9.11 Å². The molecule has 0 spiro atoms. The second kappa shape index (κ2) is 7.63. The number of fused-ring (bicyclic) bond motifs is 2. The highest BCUT2D eigenvalue weighted by molar-refractivity contribution is 8.24. The first-order valence-electron chi connectivity index (χ1n) is 11.1. The molecular weight excluding hydrogens is 422 g/mol. The topological polar surface area (TPSA) is 80.1 Å². The number of hydrogen-bond acceptors (Lipinski definition) is 6. The SMILES string of the molecule is Cc1cccc2c(N3C[C@H](O)C(C)(C)C3)cc(N3CCS(O)(O)c4ccccc4C3)nc12. The van der Waals surface area contributed by atoms with Crippen LogP contribution in [0.2, 0.25) is 0 Å². The van der Waals surface area contributed by atoms with E-state index in [4.69, 9.17) is 4.98 Å². The number of rotatable bonds is 2. The Balaban J connectivity index is 1.62. The Morgan fingerprint density at radius 1 is 1.06 bits per heavy atom. The Bertz CT molecular complexity index is 1180. The first-order valence-corrected chi connectivity index (χ1v) is 12.8. The van der Waals surface area contributed by atoms with Crippen molar-refractivity contribution in [1.29, 1.82) is 0 Å². The maximum atomic E-state index is 10.8. The fourth-order valence-corrected chi connectivity index (χ4v) is 6.41.